The Hall–Kier alpha value is -1.99. The Kier molecular flexibility index (Phi) is 2.10. The van der Waals surface area contributed by atoms with E-state index in [0.29, 0.717) is 0 Å². The van der Waals surface area contributed by atoms with Crippen molar-refractivity contribution in [3.05, 3.63) is 41.7 Å². The molecule has 0 unspecified atom stereocenters. The summed E-state index contributed by atoms with van der Waals surface area (Å²) in [5.74, 6) is 0. The molecule has 2 aromatic rings. The van der Waals surface area contributed by atoms with Crippen molar-refractivity contribution in [2.75, 3.05) is 0 Å². The molecule has 0 bridgehead atoms. The van der Waals surface area contributed by atoms with Gasteiger partial charge in [0.1, 0.15) is 0 Å². The van der Waals surface area contributed by atoms with E-state index in [9.17, 15) is 4.79 Å². The molecule has 0 aliphatic heterocycles. The van der Waals surface area contributed by atoms with E-state index in [1.54, 1.807) is 6.08 Å². The molecule has 0 amide bonds. The third-order valence-electron chi connectivity index (χ3n) is 3.49. The van der Waals surface area contributed by atoms with Gasteiger partial charge in [-0.3, -0.25) is 4.98 Å². The molecular weight excluding hydrogens is 212 g/mol. The van der Waals surface area contributed by atoms with Gasteiger partial charge in [-0.2, -0.15) is 4.99 Å². The summed E-state index contributed by atoms with van der Waals surface area (Å²) in [6.45, 7) is 1.99. The van der Waals surface area contributed by atoms with Gasteiger partial charge in [-0.05, 0) is 42.8 Å². The van der Waals surface area contributed by atoms with Crippen molar-refractivity contribution in [2.45, 2.75) is 25.3 Å². The highest BCUT2D eigenvalue weighted by molar-refractivity contribution is 5.85. The van der Waals surface area contributed by atoms with Gasteiger partial charge < -0.3 is 0 Å². The van der Waals surface area contributed by atoms with E-state index in [4.69, 9.17) is 0 Å². The Morgan fingerprint density at radius 2 is 2.18 bits per heavy atom. The Bertz CT molecular complexity index is 638. The number of aromatic nitrogens is 1. The first kappa shape index (κ1) is 10.2. The predicted molar refractivity (Wildman–Crippen MR) is 65.5 cm³/mol. The molecule has 1 aliphatic carbocycles. The van der Waals surface area contributed by atoms with Crippen LogP contribution in [0.15, 0.2) is 35.5 Å². The predicted octanol–water partition coefficient (Wildman–Crippen LogP) is 2.87. The Labute approximate surface area is 99.2 Å². The fourth-order valence-corrected chi connectivity index (χ4v) is 2.27. The summed E-state index contributed by atoms with van der Waals surface area (Å²) in [5.41, 5.74) is 1.82. The SMILES string of the molecule is Cc1nccc2ccc(C3(N=C=O)CC3)cc12. The highest BCUT2D eigenvalue weighted by Crippen LogP contribution is 2.49. The lowest BCUT2D eigenvalue weighted by atomic mass is 10.0. The minimum atomic E-state index is -0.293. The molecule has 3 rings (SSSR count). The van der Waals surface area contributed by atoms with Crippen molar-refractivity contribution in [3.63, 3.8) is 0 Å². The van der Waals surface area contributed by atoms with E-state index >= 15 is 0 Å². The van der Waals surface area contributed by atoms with Crippen LogP contribution in [0.5, 0.6) is 0 Å². The minimum Gasteiger partial charge on any atom is -0.261 e. The molecule has 17 heavy (non-hydrogen) atoms. The molecule has 84 valence electrons. The van der Waals surface area contributed by atoms with Gasteiger partial charge in [-0.15, -0.1) is 0 Å². The summed E-state index contributed by atoms with van der Waals surface area (Å²) in [6.07, 6.45) is 5.38. The van der Waals surface area contributed by atoms with E-state index in [1.165, 1.54) is 5.39 Å². The number of aliphatic imine (C=N–C) groups is 1. The Balaban J connectivity index is 2.20. The molecule has 1 fully saturated rings. The molecular formula is C14H12N2O. The molecule has 1 heterocycles. The number of pyridine rings is 1. The van der Waals surface area contributed by atoms with Crippen LogP contribution < -0.4 is 0 Å². The van der Waals surface area contributed by atoms with Crippen LogP contribution in [0.2, 0.25) is 0 Å². The van der Waals surface area contributed by atoms with Crippen LogP contribution in [0.1, 0.15) is 24.1 Å². The average molecular weight is 224 g/mol. The number of carbonyl (C=O) groups excluding carboxylic acids is 1. The molecule has 0 spiro atoms. The molecule has 3 nitrogen and oxygen atoms in total. The number of benzene rings is 1. The monoisotopic (exact) mass is 224 g/mol. The Morgan fingerprint density at radius 3 is 2.88 bits per heavy atom. The van der Waals surface area contributed by atoms with Gasteiger partial charge >= 0.3 is 0 Å². The Morgan fingerprint density at radius 1 is 1.35 bits per heavy atom. The standard InChI is InChI=1S/C14H12N2O/c1-10-13-8-12(14(5-6-14)16-9-17)3-2-11(13)4-7-15-10/h2-4,7-8H,5-6H2,1H3. The first-order valence-electron chi connectivity index (χ1n) is 5.70. The summed E-state index contributed by atoms with van der Waals surface area (Å²) in [7, 11) is 0. The second-order valence-electron chi connectivity index (χ2n) is 4.57. The highest BCUT2D eigenvalue weighted by Gasteiger charge is 2.44. The molecule has 0 saturated heterocycles. The van der Waals surface area contributed by atoms with Crippen LogP contribution in [0.4, 0.5) is 0 Å². The van der Waals surface area contributed by atoms with Gasteiger partial charge in [0.05, 0.1) is 5.54 Å². The second-order valence-corrected chi connectivity index (χ2v) is 4.57. The number of fused-ring (bicyclic) bond motifs is 1. The van der Waals surface area contributed by atoms with Gasteiger partial charge in [-0.25, -0.2) is 4.79 Å². The number of isocyanates is 1. The van der Waals surface area contributed by atoms with Crippen LogP contribution in [0, 0.1) is 6.92 Å². The number of aryl methyl sites for hydroxylation is 1. The van der Waals surface area contributed by atoms with Crippen molar-refractivity contribution < 1.29 is 4.79 Å². The van der Waals surface area contributed by atoms with Crippen molar-refractivity contribution in [2.24, 2.45) is 4.99 Å². The van der Waals surface area contributed by atoms with Crippen LogP contribution in [-0.4, -0.2) is 11.1 Å². The van der Waals surface area contributed by atoms with Gasteiger partial charge in [0, 0.05) is 17.3 Å². The van der Waals surface area contributed by atoms with E-state index in [1.807, 2.05) is 19.2 Å². The van der Waals surface area contributed by atoms with Gasteiger partial charge in [0.25, 0.3) is 0 Å². The fraction of sp³-hybridized carbons (Fsp3) is 0.286. The minimum absolute atomic E-state index is 0.293. The number of rotatable bonds is 2. The zero-order valence-electron chi connectivity index (χ0n) is 9.60. The van der Waals surface area contributed by atoms with Crippen LogP contribution in [0.25, 0.3) is 10.8 Å². The fourth-order valence-electron chi connectivity index (χ4n) is 2.27. The lowest BCUT2D eigenvalue weighted by Gasteiger charge is -2.10. The molecule has 1 aliphatic rings. The lowest BCUT2D eigenvalue weighted by Crippen LogP contribution is -2.02. The maximum Gasteiger partial charge on any atom is 0.235 e. The quantitative estimate of drug-likeness (QED) is 0.581. The number of nitrogens with zero attached hydrogens (tertiary/aromatic N) is 2. The van der Waals surface area contributed by atoms with Crippen LogP contribution in [0.3, 0.4) is 0 Å². The smallest absolute Gasteiger partial charge is 0.235 e. The topological polar surface area (TPSA) is 42.3 Å². The summed E-state index contributed by atoms with van der Waals surface area (Å²) in [6, 6.07) is 8.22. The summed E-state index contributed by atoms with van der Waals surface area (Å²) in [5, 5.41) is 2.31. The van der Waals surface area contributed by atoms with Crippen LogP contribution >= 0.6 is 0 Å². The second kappa shape index (κ2) is 3.51. The van der Waals surface area contributed by atoms with E-state index in [0.717, 1.165) is 29.5 Å². The average Bonchev–Trinajstić information content (AvgIpc) is 3.11. The van der Waals surface area contributed by atoms with Gasteiger partial charge in [-0.1, -0.05) is 12.1 Å². The molecule has 1 saturated carbocycles. The van der Waals surface area contributed by atoms with E-state index in [2.05, 4.69) is 28.2 Å². The lowest BCUT2D eigenvalue weighted by molar-refractivity contribution is 0.556. The third kappa shape index (κ3) is 1.56. The zero-order chi connectivity index (χ0) is 11.9. The van der Waals surface area contributed by atoms with Gasteiger partial charge in [0.2, 0.25) is 6.08 Å². The summed E-state index contributed by atoms with van der Waals surface area (Å²) < 4.78 is 0. The summed E-state index contributed by atoms with van der Waals surface area (Å²) in [4.78, 5) is 18.7. The largest absolute Gasteiger partial charge is 0.261 e. The normalized spacial score (nSPS) is 16.5. The van der Waals surface area contributed by atoms with Crippen molar-refractivity contribution in [1.82, 2.24) is 4.98 Å². The number of hydrogen-bond donors (Lipinski definition) is 0. The molecule has 1 aromatic heterocycles. The summed E-state index contributed by atoms with van der Waals surface area (Å²) >= 11 is 0. The molecule has 0 N–H and O–H groups in total. The first-order valence-corrected chi connectivity index (χ1v) is 5.70. The molecule has 3 heteroatoms. The van der Waals surface area contributed by atoms with Crippen LogP contribution in [-0.2, 0) is 10.3 Å². The maximum absolute atomic E-state index is 10.5. The molecule has 1 aromatic carbocycles. The first-order chi connectivity index (χ1) is 8.25. The van der Waals surface area contributed by atoms with Crippen molar-refractivity contribution in [1.29, 1.82) is 0 Å². The number of hydrogen-bond acceptors (Lipinski definition) is 3. The highest BCUT2D eigenvalue weighted by atomic mass is 16.1. The van der Waals surface area contributed by atoms with Gasteiger partial charge in [0.15, 0.2) is 0 Å². The van der Waals surface area contributed by atoms with Crippen molar-refractivity contribution >= 4 is 16.9 Å². The third-order valence-corrected chi connectivity index (χ3v) is 3.49. The molecule has 0 radical (unpaired) electrons. The van der Waals surface area contributed by atoms with Crippen molar-refractivity contribution in [3.8, 4) is 0 Å². The molecule has 0 atom stereocenters. The maximum atomic E-state index is 10.5. The van der Waals surface area contributed by atoms with E-state index in [-0.39, 0.29) is 5.54 Å². The zero-order valence-corrected chi connectivity index (χ0v) is 9.60. The van der Waals surface area contributed by atoms with E-state index < -0.39 is 0 Å².